The summed E-state index contributed by atoms with van der Waals surface area (Å²) < 4.78 is 11.2. The number of piperidine rings is 1. The topological polar surface area (TPSA) is 59.1 Å². The Bertz CT molecular complexity index is 808. The van der Waals surface area contributed by atoms with Gasteiger partial charge in [0.05, 0.1) is 12.2 Å². The number of amides is 2. The average Bonchev–Trinajstić information content (AvgIpc) is 3.01. The molecule has 6 heteroatoms. The minimum absolute atomic E-state index is 0.172. The van der Waals surface area contributed by atoms with Crippen molar-refractivity contribution in [3.8, 4) is 5.75 Å². The van der Waals surface area contributed by atoms with E-state index in [9.17, 15) is 9.59 Å². The van der Waals surface area contributed by atoms with Crippen LogP contribution >= 0.6 is 0 Å². The molecule has 3 rings (SSSR count). The zero-order valence-corrected chi connectivity index (χ0v) is 20.1. The number of nitrogens with zero attached hydrogens (tertiary/aromatic N) is 2. The Morgan fingerprint density at radius 2 is 1.59 bits per heavy atom. The second kappa shape index (κ2) is 11.5. The Labute approximate surface area is 192 Å². The third-order valence-electron chi connectivity index (χ3n) is 6.10. The summed E-state index contributed by atoms with van der Waals surface area (Å²) >= 11 is 0. The van der Waals surface area contributed by atoms with Crippen LogP contribution in [-0.2, 0) is 14.3 Å². The first-order valence-electron chi connectivity index (χ1n) is 12.1. The molecule has 0 spiro atoms. The lowest BCUT2D eigenvalue weighted by Crippen LogP contribution is -2.42. The number of likely N-dealkylation sites (tertiary alicyclic amines) is 1. The largest absolute Gasteiger partial charge is 0.494 e. The summed E-state index contributed by atoms with van der Waals surface area (Å²) in [5, 5.41) is 0. The summed E-state index contributed by atoms with van der Waals surface area (Å²) in [5.74, 6) is 1.35. The molecular weight excluding hydrogens is 404 g/mol. The van der Waals surface area contributed by atoms with Crippen LogP contribution in [0.2, 0.25) is 0 Å². The summed E-state index contributed by atoms with van der Waals surface area (Å²) in [6, 6.07) is 7.51. The Hall–Kier alpha value is -2.34. The maximum atomic E-state index is 13.5. The summed E-state index contributed by atoms with van der Waals surface area (Å²) in [5.41, 5.74) is 1.85. The number of imide groups is 1. The molecule has 2 heterocycles. The highest BCUT2D eigenvalue weighted by atomic mass is 16.5. The lowest BCUT2D eigenvalue weighted by molar-refractivity contribution is -0.137. The van der Waals surface area contributed by atoms with Gasteiger partial charge in [-0.3, -0.25) is 14.5 Å². The molecule has 1 aromatic rings. The number of unbranched alkanes of at least 4 members (excludes halogenated alkanes) is 1. The smallest absolute Gasteiger partial charge is 0.277 e. The number of hydrogen-bond acceptors (Lipinski definition) is 5. The van der Waals surface area contributed by atoms with Gasteiger partial charge < -0.3 is 14.4 Å². The first-order valence-corrected chi connectivity index (χ1v) is 12.1. The normalized spacial score (nSPS) is 21.6. The zero-order valence-electron chi connectivity index (χ0n) is 20.1. The van der Waals surface area contributed by atoms with Gasteiger partial charge in [0.15, 0.2) is 0 Å². The van der Waals surface area contributed by atoms with Crippen molar-refractivity contribution in [3.63, 3.8) is 0 Å². The third kappa shape index (κ3) is 5.71. The van der Waals surface area contributed by atoms with Gasteiger partial charge in [-0.25, -0.2) is 0 Å². The molecule has 1 saturated heterocycles. The van der Waals surface area contributed by atoms with Crippen molar-refractivity contribution in [1.29, 1.82) is 0 Å². The lowest BCUT2D eigenvalue weighted by atomic mass is 9.91. The van der Waals surface area contributed by atoms with E-state index in [0.717, 1.165) is 50.3 Å². The van der Waals surface area contributed by atoms with E-state index in [1.165, 1.54) is 4.90 Å². The van der Waals surface area contributed by atoms with E-state index in [0.29, 0.717) is 49.3 Å². The molecule has 0 radical (unpaired) electrons. The van der Waals surface area contributed by atoms with Crippen molar-refractivity contribution in [1.82, 2.24) is 9.80 Å². The second-order valence-electron chi connectivity index (χ2n) is 9.11. The molecule has 32 heavy (non-hydrogen) atoms. The first-order chi connectivity index (χ1) is 15.5. The average molecular weight is 443 g/mol. The molecule has 0 N–H and O–H groups in total. The van der Waals surface area contributed by atoms with Crippen LogP contribution in [0.25, 0.3) is 5.57 Å². The van der Waals surface area contributed by atoms with Gasteiger partial charge in [0.25, 0.3) is 11.8 Å². The number of carbonyl (C=O) groups excluding carboxylic acids is 2. The quantitative estimate of drug-likeness (QED) is 0.377. The molecule has 0 bridgehead atoms. The van der Waals surface area contributed by atoms with Crippen molar-refractivity contribution in [3.05, 3.63) is 35.5 Å². The number of hydrogen-bond donors (Lipinski definition) is 0. The molecule has 2 aliphatic heterocycles. The summed E-state index contributed by atoms with van der Waals surface area (Å²) in [7, 11) is 0. The molecule has 2 atom stereocenters. The van der Waals surface area contributed by atoms with E-state index in [1.54, 1.807) is 0 Å². The molecule has 0 aliphatic carbocycles. The Balaban J connectivity index is 1.84. The highest BCUT2D eigenvalue weighted by Gasteiger charge is 2.42. The number of rotatable bonds is 11. The predicted octanol–water partition coefficient (Wildman–Crippen LogP) is 4.35. The fourth-order valence-corrected chi connectivity index (χ4v) is 4.72. The van der Waals surface area contributed by atoms with Gasteiger partial charge >= 0.3 is 0 Å². The standard InChI is InChI=1S/C26H38N2O4/c1-5-7-14-31-15-8-13-28-25(29)23(21-9-11-22(12-10-21)32-6-2)24(26(28)30)27-17-19(3)16-20(4)18-27/h9-12,19-20H,5-8,13-18H2,1-4H3. The minimum atomic E-state index is -0.200. The highest BCUT2D eigenvalue weighted by Crippen LogP contribution is 2.35. The van der Waals surface area contributed by atoms with E-state index in [4.69, 9.17) is 9.47 Å². The minimum Gasteiger partial charge on any atom is -0.494 e. The van der Waals surface area contributed by atoms with Gasteiger partial charge in [-0.2, -0.15) is 0 Å². The molecule has 1 fully saturated rings. The second-order valence-corrected chi connectivity index (χ2v) is 9.11. The molecule has 1 aromatic carbocycles. The Morgan fingerprint density at radius 3 is 2.22 bits per heavy atom. The van der Waals surface area contributed by atoms with E-state index in [1.807, 2.05) is 31.2 Å². The van der Waals surface area contributed by atoms with Crippen LogP contribution in [0, 0.1) is 11.8 Å². The van der Waals surface area contributed by atoms with Crippen molar-refractivity contribution in [2.45, 2.75) is 53.4 Å². The Kier molecular flexibility index (Phi) is 8.74. The maximum Gasteiger partial charge on any atom is 0.277 e. The molecule has 2 amide bonds. The molecular formula is C26H38N2O4. The Morgan fingerprint density at radius 1 is 0.938 bits per heavy atom. The highest BCUT2D eigenvalue weighted by molar-refractivity contribution is 6.35. The number of carbonyl (C=O) groups is 2. The van der Waals surface area contributed by atoms with Gasteiger partial charge in [-0.1, -0.05) is 39.3 Å². The van der Waals surface area contributed by atoms with E-state index < -0.39 is 0 Å². The van der Waals surface area contributed by atoms with Gasteiger partial charge in [0, 0.05) is 32.8 Å². The van der Waals surface area contributed by atoms with Crippen LogP contribution in [0.1, 0.15) is 58.9 Å². The van der Waals surface area contributed by atoms with Crippen LogP contribution in [0.15, 0.2) is 30.0 Å². The van der Waals surface area contributed by atoms with E-state index in [2.05, 4.69) is 25.7 Å². The summed E-state index contributed by atoms with van der Waals surface area (Å²) in [6.07, 6.45) is 3.91. The van der Waals surface area contributed by atoms with Crippen LogP contribution in [0.3, 0.4) is 0 Å². The van der Waals surface area contributed by atoms with E-state index in [-0.39, 0.29) is 11.8 Å². The maximum absolute atomic E-state index is 13.5. The van der Waals surface area contributed by atoms with Crippen molar-refractivity contribution in [2.24, 2.45) is 11.8 Å². The van der Waals surface area contributed by atoms with Gasteiger partial charge in [-0.15, -0.1) is 0 Å². The van der Waals surface area contributed by atoms with Crippen LogP contribution in [0.4, 0.5) is 0 Å². The summed E-state index contributed by atoms with van der Waals surface area (Å²) in [4.78, 5) is 30.5. The van der Waals surface area contributed by atoms with Gasteiger partial charge in [0.1, 0.15) is 11.4 Å². The lowest BCUT2D eigenvalue weighted by Gasteiger charge is -2.37. The van der Waals surface area contributed by atoms with E-state index >= 15 is 0 Å². The molecule has 0 aromatic heterocycles. The molecule has 0 saturated carbocycles. The molecule has 176 valence electrons. The summed E-state index contributed by atoms with van der Waals surface area (Å²) in [6.45, 7) is 12.3. The third-order valence-corrected chi connectivity index (χ3v) is 6.10. The fourth-order valence-electron chi connectivity index (χ4n) is 4.72. The SMILES string of the molecule is CCCCOCCCN1C(=O)C(c2ccc(OCC)cc2)=C(N2CC(C)CC(C)C2)C1=O. The van der Waals surface area contributed by atoms with Crippen molar-refractivity contribution >= 4 is 17.4 Å². The van der Waals surface area contributed by atoms with Crippen molar-refractivity contribution in [2.75, 3.05) is 39.5 Å². The number of ether oxygens (including phenoxy) is 2. The number of benzene rings is 1. The molecule has 2 aliphatic rings. The zero-order chi connectivity index (χ0) is 23.1. The predicted molar refractivity (Wildman–Crippen MR) is 126 cm³/mol. The molecule has 6 nitrogen and oxygen atoms in total. The molecule has 2 unspecified atom stereocenters. The fraction of sp³-hybridized carbons (Fsp3) is 0.615. The first kappa shape index (κ1) is 24.3. The van der Waals surface area contributed by atoms with Crippen LogP contribution < -0.4 is 4.74 Å². The van der Waals surface area contributed by atoms with Crippen LogP contribution in [0.5, 0.6) is 5.75 Å². The van der Waals surface area contributed by atoms with Crippen LogP contribution in [-0.4, -0.2) is 61.1 Å². The monoisotopic (exact) mass is 442 g/mol. The van der Waals surface area contributed by atoms with Gasteiger partial charge in [0.2, 0.25) is 0 Å². The van der Waals surface area contributed by atoms with Gasteiger partial charge in [-0.05, 0) is 55.7 Å². The van der Waals surface area contributed by atoms with Crippen molar-refractivity contribution < 1.29 is 19.1 Å².